The number of hydrogen-bond donors (Lipinski definition) is 1. The lowest BCUT2D eigenvalue weighted by Crippen LogP contribution is -2.04. The summed E-state index contributed by atoms with van der Waals surface area (Å²) in [4.78, 5) is 12.4. The van der Waals surface area contributed by atoms with E-state index < -0.39 is 0 Å². The molecule has 3 aromatic rings. The van der Waals surface area contributed by atoms with Gasteiger partial charge in [0.25, 0.3) is 0 Å². The number of para-hydroxylation sites is 2. The number of ketones is 1. The molecular formula is C19H15NO2. The molecule has 22 heavy (non-hydrogen) atoms. The number of carbonyl (C=O) groups is 1. The molecular weight excluding hydrogens is 274 g/mol. The molecule has 0 aliphatic rings. The molecule has 0 spiro atoms. The van der Waals surface area contributed by atoms with Crippen LogP contribution in [-0.4, -0.2) is 5.78 Å². The van der Waals surface area contributed by atoms with E-state index in [0.717, 1.165) is 5.75 Å². The van der Waals surface area contributed by atoms with Crippen LogP contribution in [0.5, 0.6) is 11.5 Å². The van der Waals surface area contributed by atoms with Gasteiger partial charge in [0.15, 0.2) is 5.78 Å². The lowest BCUT2D eigenvalue weighted by molar-refractivity contribution is 0.103. The Hall–Kier alpha value is -3.07. The van der Waals surface area contributed by atoms with Crippen LogP contribution >= 0.6 is 0 Å². The minimum atomic E-state index is -0.0932. The number of rotatable bonds is 4. The number of anilines is 1. The highest BCUT2D eigenvalue weighted by atomic mass is 16.5. The second-order valence-electron chi connectivity index (χ2n) is 4.86. The minimum absolute atomic E-state index is 0.0932. The zero-order valence-electron chi connectivity index (χ0n) is 11.9. The molecule has 0 saturated heterocycles. The second kappa shape index (κ2) is 6.14. The van der Waals surface area contributed by atoms with Crippen molar-refractivity contribution in [2.45, 2.75) is 0 Å². The fraction of sp³-hybridized carbons (Fsp3) is 0. The molecule has 0 saturated carbocycles. The summed E-state index contributed by atoms with van der Waals surface area (Å²) in [6.45, 7) is 0. The van der Waals surface area contributed by atoms with E-state index in [1.165, 1.54) is 0 Å². The van der Waals surface area contributed by atoms with E-state index in [1.54, 1.807) is 42.5 Å². The Morgan fingerprint density at radius 1 is 0.727 bits per heavy atom. The number of hydrogen-bond acceptors (Lipinski definition) is 3. The summed E-state index contributed by atoms with van der Waals surface area (Å²) in [5.41, 5.74) is 7.42. The summed E-state index contributed by atoms with van der Waals surface area (Å²) in [6.07, 6.45) is 0. The van der Waals surface area contributed by atoms with Gasteiger partial charge >= 0.3 is 0 Å². The molecule has 3 heteroatoms. The van der Waals surface area contributed by atoms with Crippen molar-refractivity contribution in [3.8, 4) is 11.5 Å². The van der Waals surface area contributed by atoms with E-state index in [0.29, 0.717) is 22.6 Å². The number of carbonyl (C=O) groups excluding carboxylic acids is 1. The predicted molar refractivity (Wildman–Crippen MR) is 87.2 cm³/mol. The molecule has 3 nitrogen and oxygen atoms in total. The molecule has 0 amide bonds. The highest BCUT2D eigenvalue weighted by molar-refractivity contribution is 6.12. The quantitative estimate of drug-likeness (QED) is 0.575. The van der Waals surface area contributed by atoms with Gasteiger partial charge < -0.3 is 10.5 Å². The van der Waals surface area contributed by atoms with E-state index >= 15 is 0 Å². The third kappa shape index (κ3) is 2.99. The molecule has 0 aliphatic carbocycles. The average molecular weight is 289 g/mol. The largest absolute Gasteiger partial charge is 0.457 e. The Kier molecular flexibility index (Phi) is 3.88. The summed E-state index contributed by atoms with van der Waals surface area (Å²) in [5.74, 6) is 1.35. The maximum atomic E-state index is 12.4. The first-order chi connectivity index (χ1) is 10.7. The van der Waals surface area contributed by atoms with Crippen molar-refractivity contribution < 1.29 is 9.53 Å². The van der Waals surface area contributed by atoms with Gasteiger partial charge in [-0.1, -0.05) is 30.3 Å². The summed E-state index contributed by atoms with van der Waals surface area (Å²) in [6, 6.07) is 23.6. The lowest BCUT2D eigenvalue weighted by atomic mass is 10.0. The van der Waals surface area contributed by atoms with Crippen molar-refractivity contribution in [2.24, 2.45) is 0 Å². The standard InChI is InChI=1S/C19H15NO2/c20-18-9-5-4-8-17(18)19(21)14-10-12-16(13-11-14)22-15-6-2-1-3-7-15/h1-13H,20H2. The first-order valence-electron chi connectivity index (χ1n) is 6.96. The molecule has 0 unspecified atom stereocenters. The minimum Gasteiger partial charge on any atom is -0.457 e. The van der Waals surface area contributed by atoms with Gasteiger partial charge in [-0.2, -0.15) is 0 Å². The third-order valence-corrected chi connectivity index (χ3v) is 3.30. The Labute approximate surface area is 129 Å². The molecule has 0 radical (unpaired) electrons. The molecule has 3 aromatic carbocycles. The molecule has 0 atom stereocenters. The van der Waals surface area contributed by atoms with Crippen molar-refractivity contribution >= 4 is 11.5 Å². The first kappa shape index (κ1) is 13.9. The van der Waals surface area contributed by atoms with Crippen molar-refractivity contribution in [3.63, 3.8) is 0 Å². The number of ether oxygens (including phenoxy) is 1. The second-order valence-corrected chi connectivity index (χ2v) is 4.86. The molecule has 0 aromatic heterocycles. The smallest absolute Gasteiger partial charge is 0.195 e. The summed E-state index contributed by atoms with van der Waals surface area (Å²) >= 11 is 0. The number of nitrogens with two attached hydrogens (primary N) is 1. The van der Waals surface area contributed by atoms with Crippen molar-refractivity contribution in [2.75, 3.05) is 5.73 Å². The molecule has 3 rings (SSSR count). The van der Waals surface area contributed by atoms with Crippen LogP contribution in [0, 0.1) is 0 Å². The van der Waals surface area contributed by atoms with Gasteiger partial charge in [-0.15, -0.1) is 0 Å². The fourth-order valence-corrected chi connectivity index (χ4v) is 2.16. The Balaban J connectivity index is 1.80. The topological polar surface area (TPSA) is 52.3 Å². The monoisotopic (exact) mass is 289 g/mol. The first-order valence-corrected chi connectivity index (χ1v) is 6.96. The third-order valence-electron chi connectivity index (χ3n) is 3.30. The zero-order valence-corrected chi connectivity index (χ0v) is 11.9. The lowest BCUT2D eigenvalue weighted by Gasteiger charge is -2.07. The van der Waals surface area contributed by atoms with Crippen LogP contribution in [0.25, 0.3) is 0 Å². The molecule has 108 valence electrons. The average Bonchev–Trinajstić information content (AvgIpc) is 2.56. The molecule has 0 fully saturated rings. The highest BCUT2D eigenvalue weighted by Gasteiger charge is 2.11. The van der Waals surface area contributed by atoms with Gasteiger partial charge in [-0.05, 0) is 48.5 Å². The van der Waals surface area contributed by atoms with Gasteiger partial charge in [0.05, 0.1) is 0 Å². The van der Waals surface area contributed by atoms with Crippen molar-refractivity contribution in [1.29, 1.82) is 0 Å². The predicted octanol–water partition coefficient (Wildman–Crippen LogP) is 4.29. The molecule has 0 heterocycles. The maximum absolute atomic E-state index is 12.4. The van der Waals surface area contributed by atoms with E-state index in [4.69, 9.17) is 10.5 Å². The van der Waals surface area contributed by atoms with Gasteiger partial charge in [-0.25, -0.2) is 0 Å². The van der Waals surface area contributed by atoms with E-state index in [9.17, 15) is 4.79 Å². The van der Waals surface area contributed by atoms with Gasteiger partial charge in [0, 0.05) is 16.8 Å². The number of nitrogen functional groups attached to an aromatic ring is 1. The van der Waals surface area contributed by atoms with Crippen molar-refractivity contribution in [1.82, 2.24) is 0 Å². The maximum Gasteiger partial charge on any atom is 0.195 e. The summed E-state index contributed by atoms with van der Waals surface area (Å²) in [5, 5.41) is 0. The van der Waals surface area contributed by atoms with Crippen LogP contribution in [0.15, 0.2) is 78.9 Å². The van der Waals surface area contributed by atoms with Gasteiger partial charge in [0.2, 0.25) is 0 Å². The fourth-order valence-electron chi connectivity index (χ4n) is 2.16. The van der Waals surface area contributed by atoms with Crippen molar-refractivity contribution in [3.05, 3.63) is 90.0 Å². The highest BCUT2D eigenvalue weighted by Crippen LogP contribution is 2.23. The SMILES string of the molecule is Nc1ccccc1C(=O)c1ccc(Oc2ccccc2)cc1. The Bertz CT molecular complexity index is 780. The zero-order chi connectivity index (χ0) is 15.4. The molecule has 0 bridgehead atoms. The van der Waals surface area contributed by atoms with Crippen LogP contribution in [0.2, 0.25) is 0 Å². The van der Waals surface area contributed by atoms with Crippen LogP contribution in [0.3, 0.4) is 0 Å². The normalized spacial score (nSPS) is 10.2. The summed E-state index contributed by atoms with van der Waals surface area (Å²) in [7, 11) is 0. The Morgan fingerprint density at radius 2 is 1.32 bits per heavy atom. The van der Waals surface area contributed by atoms with Gasteiger partial charge in [0.1, 0.15) is 11.5 Å². The Morgan fingerprint density at radius 3 is 2.00 bits per heavy atom. The van der Waals surface area contributed by atoms with E-state index in [1.807, 2.05) is 36.4 Å². The van der Waals surface area contributed by atoms with E-state index in [2.05, 4.69) is 0 Å². The van der Waals surface area contributed by atoms with E-state index in [-0.39, 0.29) is 5.78 Å². The van der Waals surface area contributed by atoms with Crippen LogP contribution in [0.4, 0.5) is 5.69 Å². The summed E-state index contributed by atoms with van der Waals surface area (Å²) < 4.78 is 5.71. The van der Waals surface area contributed by atoms with Gasteiger partial charge in [-0.3, -0.25) is 4.79 Å². The van der Waals surface area contributed by atoms with Crippen LogP contribution in [0.1, 0.15) is 15.9 Å². The van der Waals surface area contributed by atoms with Crippen LogP contribution < -0.4 is 10.5 Å². The van der Waals surface area contributed by atoms with Crippen LogP contribution in [-0.2, 0) is 0 Å². The molecule has 2 N–H and O–H groups in total. The number of benzene rings is 3. The molecule has 0 aliphatic heterocycles.